The summed E-state index contributed by atoms with van der Waals surface area (Å²) in [5, 5.41) is 9.82. The zero-order valence-electron chi connectivity index (χ0n) is 6.95. The molecule has 1 aliphatic rings. The summed E-state index contributed by atoms with van der Waals surface area (Å²) in [6, 6.07) is 8.21. The van der Waals surface area contributed by atoms with Gasteiger partial charge in [-0.05, 0) is 17.5 Å². The van der Waals surface area contributed by atoms with Gasteiger partial charge in [0.2, 0.25) is 0 Å². The number of halogens is 2. The van der Waals surface area contributed by atoms with E-state index >= 15 is 0 Å². The molecule has 1 aliphatic carbocycles. The highest BCUT2D eigenvalue weighted by atomic mass is 79.9. The molecule has 13 heavy (non-hydrogen) atoms. The molecule has 0 saturated carbocycles. The molecule has 1 aromatic carbocycles. The Morgan fingerprint density at radius 2 is 2.00 bits per heavy atom. The minimum Gasteiger partial charge on any atom is -0.392 e. The van der Waals surface area contributed by atoms with E-state index in [0.29, 0.717) is 0 Å². The zero-order chi connectivity index (χ0) is 9.42. The molecule has 0 radical (unpaired) electrons. The van der Waals surface area contributed by atoms with E-state index in [1.165, 1.54) is 11.1 Å². The van der Waals surface area contributed by atoms with Crippen molar-refractivity contribution in [3.05, 3.63) is 35.4 Å². The van der Waals surface area contributed by atoms with Gasteiger partial charge in [0.1, 0.15) is 0 Å². The monoisotopic (exact) mass is 304 g/mol. The maximum absolute atomic E-state index is 9.82. The molecule has 2 rings (SSSR count). The van der Waals surface area contributed by atoms with Gasteiger partial charge >= 0.3 is 0 Å². The first-order valence-electron chi connectivity index (χ1n) is 4.24. The van der Waals surface area contributed by atoms with Crippen LogP contribution in [0.3, 0.4) is 0 Å². The maximum Gasteiger partial charge on any atom is 0.0791 e. The Morgan fingerprint density at radius 1 is 1.31 bits per heavy atom. The predicted molar refractivity (Wildman–Crippen MR) is 60.5 cm³/mol. The SMILES string of the molecule is O[C@@H]1Cc2ccccc2[C@H]1C(Br)Br. The molecule has 3 heteroatoms. The Morgan fingerprint density at radius 3 is 2.69 bits per heavy atom. The number of fused-ring (bicyclic) bond motifs is 1. The molecule has 0 amide bonds. The molecule has 0 unspecified atom stereocenters. The van der Waals surface area contributed by atoms with Crippen molar-refractivity contribution >= 4 is 31.9 Å². The molecule has 1 nitrogen and oxygen atoms in total. The van der Waals surface area contributed by atoms with E-state index in [4.69, 9.17) is 0 Å². The number of rotatable bonds is 1. The van der Waals surface area contributed by atoms with E-state index in [2.05, 4.69) is 44.0 Å². The summed E-state index contributed by atoms with van der Waals surface area (Å²) >= 11 is 6.94. The normalized spacial score (nSPS) is 26.5. The average molecular weight is 306 g/mol. The predicted octanol–water partition coefficient (Wildman–Crippen LogP) is 2.80. The van der Waals surface area contributed by atoms with E-state index in [1.54, 1.807) is 0 Å². The molecule has 0 aromatic heterocycles. The second-order valence-corrected chi connectivity index (χ2v) is 6.53. The molecule has 0 aliphatic heterocycles. The standard InChI is InChI=1S/C10H10Br2O/c11-10(12)9-7-4-2-1-3-6(7)5-8(9)13/h1-4,8-10,13H,5H2/t8-,9-/m1/s1. The summed E-state index contributed by atoms with van der Waals surface area (Å²) in [4.78, 5) is 0. The summed E-state index contributed by atoms with van der Waals surface area (Å²) in [7, 11) is 0. The first-order valence-corrected chi connectivity index (χ1v) is 6.07. The van der Waals surface area contributed by atoms with Gasteiger partial charge in [0.05, 0.1) is 9.84 Å². The quantitative estimate of drug-likeness (QED) is 0.791. The Labute approximate surface area is 94.4 Å². The van der Waals surface area contributed by atoms with E-state index in [0.717, 1.165) is 6.42 Å². The van der Waals surface area contributed by atoms with Gasteiger partial charge in [0.15, 0.2) is 0 Å². The van der Waals surface area contributed by atoms with Crippen molar-refractivity contribution in [1.82, 2.24) is 0 Å². The van der Waals surface area contributed by atoms with Crippen molar-refractivity contribution in [2.24, 2.45) is 0 Å². The molecule has 0 bridgehead atoms. The van der Waals surface area contributed by atoms with Crippen LogP contribution in [0.4, 0.5) is 0 Å². The van der Waals surface area contributed by atoms with Crippen molar-refractivity contribution in [3.8, 4) is 0 Å². The van der Waals surface area contributed by atoms with Crippen molar-refractivity contribution in [3.63, 3.8) is 0 Å². The number of aliphatic hydroxyl groups is 1. The van der Waals surface area contributed by atoms with Gasteiger partial charge in [0, 0.05) is 5.92 Å². The van der Waals surface area contributed by atoms with Crippen LogP contribution in [0, 0.1) is 0 Å². The third-order valence-electron chi connectivity index (χ3n) is 2.53. The Kier molecular flexibility index (Phi) is 2.77. The van der Waals surface area contributed by atoms with Crippen molar-refractivity contribution in [2.75, 3.05) is 0 Å². The second-order valence-electron chi connectivity index (χ2n) is 3.33. The molecular formula is C10H10Br2O. The fourth-order valence-corrected chi connectivity index (χ4v) is 3.18. The Balaban J connectivity index is 2.40. The summed E-state index contributed by atoms with van der Waals surface area (Å²) in [6.45, 7) is 0. The lowest BCUT2D eigenvalue weighted by Crippen LogP contribution is -2.18. The first-order chi connectivity index (χ1) is 6.20. The van der Waals surface area contributed by atoms with Crippen molar-refractivity contribution < 1.29 is 5.11 Å². The Bertz CT molecular complexity index is 312. The van der Waals surface area contributed by atoms with E-state index < -0.39 is 0 Å². The largest absolute Gasteiger partial charge is 0.392 e. The van der Waals surface area contributed by atoms with E-state index in [9.17, 15) is 5.11 Å². The van der Waals surface area contributed by atoms with E-state index in [1.807, 2.05) is 12.1 Å². The van der Waals surface area contributed by atoms with Gasteiger partial charge in [-0.2, -0.15) is 0 Å². The minimum absolute atomic E-state index is 0.152. The molecule has 0 heterocycles. The number of benzene rings is 1. The molecule has 0 spiro atoms. The first kappa shape index (κ1) is 9.69. The molecule has 70 valence electrons. The number of alkyl halides is 2. The molecule has 0 fully saturated rings. The van der Waals surface area contributed by atoms with Crippen LogP contribution in [-0.4, -0.2) is 14.9 Å². The fourth-order valence-electron chi connectivity index (χ4n) is 1.91. The third kappa shape index (κ3) is 1.69. The van der Waals surface area contributed by atoms with Gasteiger partial charge in [-0.15, -0.1) is 0 Å². The lowest BCUT2D eigenvalue weighted by atomic mass is 10.0. The van der Waals surface area contributed by atoms with Crippen LogP contribution in [0.15, 0.2) is 24.3 Å². The van der Waals surface area contributed by atoms with Gasteiger partial charge < -0.3 is 5.11 Å². The van der Waals surface area contributed by atoms with Gasteiger partial charge in [-0.25, -0.2) is 0 Å². The van der Waals surface area contributed by atoms with Crippen LogP contribution in [-0.2, 0) is 6.42 Å². The highest BCUT2D eigenvalue weighted by Crippen LogP contribution is 2.40. The number of aliphatic hydroxyl groups excluding tert-OH is 1. The molecular weight excluding hydrogens is 296 g/mol. The Hall–Kier alpha value is 0.140. The zero-order valence-corrected chi connectivity index (χ0v) is 10.1. The summed E-state index contributed by atoms with van der Waals surface area (Å²) in [6.07, 6.45) is 0.510. The van der Waals surface area contributed by atoms with Crippen LogP contribution in [0.5, 0.6) is 0 Å². The molecule has 2 atom stereocenters. The highest BCUT2D eigenvalue weighted by Gasteiger charge is 2.34. The number of hydrogen-bond donors (Lipinski definition) is 1. The summed E-state index contributed by atoms with van der Waals surface area (Å²) in [5.41, 5.74) is 2.53. The third-order valence-corrected chi connectivity index (χ3v) is 3.67. The second kappa shape index (κ2) is 3.71. The van der Waals surface area contributed by atoms with Crippen molar-refractivity contribution in [1.29, 1.82) is 0 Å². The van der Waals surface area contributed by atoms with Crippen molar-refractivity contribution in [2.45, 2.75) is 22.2 Å². The van der Waals surface area contributed by atoms with Crippen LogP contribution < -0.4 is 0 Å². The number of hydrogen-bond acceptors (Lipinski definition) is 1. The smallest absolute Gasteiger partial charge is 0.0791 e. The fraction of sp³-hybridized carbons (Fsp3) is 0.400. The summed E-state index contributed by atoms with van der Waals surface area (Å²) < 4.78 is 0.152. The average Bonchev–Trinajstić information content (AvgIpc) is 2.39. The lowest BCUT2D eigenvalue weighted by molar-refractivity contribution is 0.163. The van der Waals surface area contributed by atoms with Crippen LogP contribution in [0.25, 0.3) is 0 Å². The van der Waals surface area contributed by atoms with E-state index in [-0.39, 0.29) is 15.8 Å². The van der Waals surface area contributed by atoms with Gasteiger partial charge in [-0.3, -0.25) is 0 Å². The van der Waals surface area contributed by atoms with Crippen LogP contribution >= 0.6 is 31.9 Å². The van der Waals surface area contributed by atoms with Gasteiger partial charge in [-0.1, -0.05) is 56.1 Å². The molecule has 0 saturated heterocycles. The van der Waals surface area contributed by atoms with Gasteiger partial charge in [0.25, 0.3) is 0 Å². The topological polar surface area (TPSA) is 20.2 Å². The summed E-state index contributed by atoms with van der Waals surface area (Å²) in [5.74, 6) is 0.177. The highest BCUT2D eigenvalue weighted by molar-refractivity contribution is 9.24. The minimum atomic E-state index is -0.263. The molecule has 1 aromatic rings. The lowest BCUT2D eigenvalue weighted by Gasteiger charge is -2.16. The maximum atomic E-state index is 9.82. The van der Waals surface area contributed by atoms with Crippen LogP contribution in [0.2, 0.25) is 0 Å². The molecule has 1 N–H and O–H groups in total. The van der Waals surface area contributed by atoms with Crippen LogP contribution in [0.1, 0.15) is 17.0 Å².